The molecule has 3 rings (SSSR count). The van der Waals surface area contributed by atoms with Gasteiger partial charge in [0.1, 0.15) is 0 Å². The van der Waals surface area contributed by atoms with Crippen LogP contribution in [0, 0.1) is 5.92 Å². The lowest BCUT2D eigenvalue weighted by Gasteiger charge is -2.40. The van der Waals surface area contributed by atoms with Gasteiger partial charge in [-0.2, -0.15) is 0 Å². The van der Waals surface area contributed by atoms with E-state index in [4.69, 9.17) is 20.9 Å². The van der Waals surface area contributed by atoms with Crippen molar-refractivity contribution >= 4 is 34.5 Å². The van der Waals surface area contributed by atoms with Crippen molar-refractivity contribution in [3.8, 4) is 0 Å². The second kappa shape index (κ2) is 8.67. The maximum Gasteiger partial charge on any atom is 0.259 e. The quantitative estimate of drug-likeness (QED) is 0.738. The van der Waals surface area contributed by atoms with Crippen LogP contribution in [-0.4, -0.2) is 69.9 Å². The zero-order valence-corrected chi connectivity index (χ0v) is 16.3. The van der Waals surface area contributed by atoms with Crippen LogP contribution >= 0.6 is 11.6 Å². The van der Waals surface area contributed by atoms with Crippen LogP contribution in [0.25, 0.3) is 0 Å². The van der Waals surface area contributed by atoms with E-state index >= 15 is 0 Å². The lowest BCUT2D eigenvalue weighted by molar-refractivity contribution is 0.0452. The van der Waals surface area contributed by atoms with Crippen molar-refractivity contribution < 1.29 is 18.3 Å². The highest BCUT2D eigenvalue weighted by Crippen LogP contribution is 2.25. The van der Waals surface area contributed by atoms with Gasteiger partial charge in [0.15, 0.2) is 0 Å². The molecule has 2 fully saturated rings. The molecule has 0 radical (unpaired) electrons. The van der Waals surface area contributed by atoms with Crippen LogP contribution in [0.5, 0.6) is 0 Å². The Kier molecular flexibility index (Phi) is 6.52. The van der Waals surface area contributed by atoms with Gasteiger partial charge in [-0.1, -0.05) is 11.6 Å². The standard InChI is InChI=1S/C17H24ClN3O4S/c1-12-9-20(10-13-4-7-25-11-13)5-6-21(12)17(22)15-3-2-14(8-16(15)18)19-26(23)24/h2-3,8,12-13,19H,4-7,9-11H2,1H3,(H,23,24)/t12-,13?/m0/s1. The molecule has 26 heavy (non-hydrogen) atoms. The largest absolute Gasteiger partial charge is 0.381 e. The monoisotopic (exact) mass is 401 g/mol. The van der Waals surface area contributed by atoms with Gasteiger partial charge in [0, 0.05) is 44.5 Å². The maximum absolute atomic E-state index is 12.9. The molecule has 0 aromatic heterocycles. The number of nitrogens with one attached hydrogen (secondary N) is 1. The number of piperazine rings is 1. The summed E-state index contributed by atoms with van der Waals surface area (Å²) in [7, 11) is 0. The molecule has 0 spiro atoms. The molecule has 3 atom stereocenters. The second-order valence-electron chi connectivity index (χ2n) is 6.88. The van der Waals surface area contributed by atoms with Crippen LogP contribution in [-0.2, 0) is 16.0 Å². The van der Waals surface area contributed by atoms with Crippen LogP contribution in [0.15, 0.2) is 18.2 Å². The topological polar surface area (TPSA) is 82.1 Å². The van der Waals surface area contributed by atoms with Crippen LogP contribution in [0.2, 0.25) is 5.02 Å². The molecule has 0 bridgehead atoms. The molecule has 0 saturated carbocycles. The number of carbonyl (C=O) groups excluding carboxylic acids is 1. The first-order valence-corrected chi connectivity index (χ1v) is 10.2. The molecule has 2 saturated heterocycles. The van der Waals surface area contributed by atoms with E-state index in [1.807, 2.05) is 11.8 Å². The Hall–Kier alpha value is -1.19. The zero-order chi connectivity index (χ0) is 18.7. The Morgan fingerprint density at radius 1 is 1.46 bits per heavy atom. The summed E-state index contributed by atoms with van der Waals surface area (Å²) in [6.45, 7) is 7.09. The molecular formula is C17H24ClN3O4S. The summed E-state index contributed by atoms with van der Waals surface area (Å²) in [5.41, 5.74) is 0.800. The predicted octanol–water partition coefficient (Wildman–Crippen LogP) is 2.07. The molecule has 2 aliphatic rings. The SMILES string of the molecule is C[C@H]1CN(CC2CCOC2)CCN1C(=O)c1ccc(NS(=O)O)cc1Cl. The molecule has 9 heteroatoms. The molecule has 1 amide bonds. The van der Waals surface area contributed by atoms with E-state index in [0.717, 1.165) is 39.3 Å². The van der Waals surface area contributed by atoms with Gasteiger partial charge in [0.05, 0.1) is 17.2 Å². The number of halogens is 1. The highest BCUT2D eigenvalue weighted by molar-refractivity contribution is 7.80. The molecule has 2 unspecified atom stereocenters. The average Bonchev–Trinajstić information content (AvgIpc) is 3.07. The van der Waals surface area contributed by atoms with Gasteiger partial charge in [-0.3, -0.25) is 19.0 Å². The van der Waals surface area contributed by atoms with Gasteiger partial charge in [-0.25, -0.2) is 4.21 Å². The van der Waals surface area contributed by atoms with Crippen molar-refractivity contribution in [3.63, 3.8) is 0 Å². The van der Waals surface area contributed by atoms with Crippen molar-refractivity contribution in [2.45, 2.75) is 19.4 Å². The highest BCUT2D eigenvalue weighted by Gasteiger charge is 2.30. The Morgan fingerprint density at radius 2 is 2.27 bits per heavy atom. The van der Waals surface area contributed by atoms with Crippen LogP contribution in [0.3, 0.4) is 0 Å². The molecule has 144 valence electrons. The average molecular weight is 402 g/mol. The fraction of sp³-hybridized carbons (Fsp3) is 0.588. The summed E-state index contributed by atoms with van der Waals surface area (Å²) in [5.74, 6) is 0.485. The Labute approximate surface area is 161 Å². The number of benzene rings is 1. The van der Waals surface area contributed by atoms with Crippen molar-refractivity contribution in [2.24, 2.45) is 5.92 Å². The first-order valence-electron chi connectivity index (χ1n) is 8.72. The molecule has 1 aromatic carbocycles. The first kappa shape index (κ1) is 19.6. The summed E-state index contributed by atoms with van der Waals surface area (Å²) >= 11 is 4.05. The highest BCUT2D eigenvalue weighted by atomic mass is 35.5. The number of anilines is 1. The summed E-state index contributed by atoms with van der Waals surface area (Å²) in [6, 6.07) is 4.75. The van der Waals surface area contributed by atoms with E-state index in [1.165, 1.54) is 6.07 Å². The number of hydrogen-bond acceptors (Lipinski definition) is 4. The molecule has 1 aromatic rings. The smallest absolute Gasteiger partial charge is 0.259 e. The molecule has 2 N–H and O–H groups in total. The third kappa shape index (κ3) is 4.75. The molecular weight excluding hydrogens is 378 g/mol. The Morgan fingerprint density at radius 3 is 2.88 bits per heavy atom. The number of hydrogen-bond donors (Lipinski definition) is 2. The molecule has 7 nitrogen and oxygen atoms in total. The third-order valence-electron chi connectivity index (χ3n) is 4.92. The summed E-state index contributed by atoms with van der Waals surface area (Å²) in [6.07, 6.45) is 1.11. The van der Waals surface area contributed by atoms with E-state index in [0.29, 0.717) is 23.7 Å². The number of rotatable bonds is 5. The van der Waals surface area contributed by atoms with E-state index in [9.17, 15) is 9.00 Å². The number of ether oxygens (including phenoxy) is 1. The predicted molar refractivity (Wildman–Crippen MR) is 102 cm³/mol. The fourth-order valence-corrected chi connectivity index (χ4v) is 4.19. The minimum Gasteiger partial charge on any atom is -0.381 e. The van der Waals surface area contributed by atoms with Crippen molar-refractivity contribution in [3.05, 3.63) is 28.8 Å². The lowest BCUT2D eigenvalue weighted by atomic mass is 10.1. The number of nitrogens with zero attached hydrogens (tertiary/aromatic N) is 2. The van der Waals surface area contributed by atoms with E-state index in [1.54, 1.807) is 12.1 Å². The van der Waals surface area contributed by atoms with Gasteiger partial charge in [-0.15, -0.1) is 0 Å². The van der Waals surface area contributed by atoms with Gasteiger partial charge >= 0.3 is 0 Å². The first-order chi connectivity index (χ1) is 12.4. The van der Waals surface area contributed by atoms with E-state index in [2.05, 4.69) is 9.62 Å². The maximum atomic E-state index is 12.9. The van der Waals surface area contributed by atoms with Crippen LogP contribution in [0.4, 0.5) is 5.69 Å². The summed E-state index contributed by atoms with van der Waals surface area (Å²) in [5, 5.41) is 0.267. The molecule has 2 heterocycles. The van der Waals surface area contributed by atoms with Gasteiger partial charge in [-0.05, 0) is 37.5 Å². The third-order valence-corrected chi connectivity index (χ3v) is 5.64. The lowest BCUT2D eigenvalue weighted by Crippen LogP contribution is -2.54. The van der Waals surface area contributed by atoms with E-state index < -0.39 is 11.3 Å². The molecule has 0 aliphatic carbocycles. The van der Waals surface area contributed by atoms with Crippen LogP contribution < -0.4 is 4.72 Å². The zero-order valence-electron chi connectivity index (χ0n) is 14.7. The summed E-state index contributed by atoms with van der Waals surface area (Å²) < 4.78 is 27.5. The van der Waals surface area contributed by atoms with Crippen molar-refractivity contribution in [1.82, 2.24) is 9.80 Å². The van der Waals surface area contributed by atoms with Gasteiger partial charge in [0.2, 0.25) is 0 Å². The second-order valence-corrected chi connectivity index (χ2v) is 7.99. The summed E-state index contributed by atoms with van der Waals surface area (Å²) in [4.78, 5) is 17.1. The Balaban J connectivity index is 1.62. The fourth-order valence-electron chi connectivity index (χ4n) is 3.60. The Bertz CT molecular complexity index is 684. The van der Waals surface area contributed by atoms with E-state index in [-0.39, 0.29) is 17.0 Å². The minimum atomic E-state index is -2.18. The molecule has 2 aliphatic heterocycles. The minimum absolute atomic E-state index is 0.0948. The van der Waals surface area contributed by atoms with Gasteiger partial charge in [0.25, 0.3) is 17.2 Å². The number of carbonyl (C=O) groups is 1. The van der Waals surface area contributed by atoms with Gasteiger partial charge < -0.3 is 9.64 Å². The van der Waals surface area contributed by atoms with Crippen molar-refractivity contribution in [2.75, 3.05) is 44.1 Å². The normalized spacial score (nSPS) is 25.3. The van der Waals surface area contributed by atoms with Crippen LogP contribution in [0.1, 0.15) is 23.7 Å². The van der Waals surface area contributed by atoms with Crippen molar-refractivity contribution in [1.29, 1.82) is 0 Å². The number of amides is 1.